The van der Waals surface area contributed by atoms with Crippen molar-refractivity contribution in [3.05, 3.63) is 29.6 Å². The number of benzene rings is 1. The van der Waals surface area contributed by atoms with Gasteiger partial charge in [-0.3, -0.25) is 4.79 Å². The normalized spacial score (nSPS) is 22.2. The van der Waals surface area contributed by atoms with E-state index in [0.717, 1.165) is 37.1 Å². The lowest BCUT2D eigenvalue weighted by molar-refractivity contribution is -0.127. The van der Waals surface area contributed by atoms with Crippen molar-refractivity contribution in [2.24, 2.45) is 5.41 Å². The number of halogens is 1. The third kappa shape index (κ3) is 2.05. The van der Waals surface area contributed by atoms with Gasteiger partial charge in [-0.05, 0) is 49.9 Å². The minimum Gasteiger partial charge on any atom is -0.312 e. The molecule has 1 aromatic carbocycles. The van der Waals surface area contributed by atoms with E-state index in [0.29, 0.717) is 0 Å². The first-order valence-electron chi connectivity index (χ1n) is 7.21. The highest BCUT2D eigenvalue weighted by Gasteiger charge is 2.47. The highest BCUT2D eigenvalue weighted by molar-refractivity contribution is 6.00. The highest BCUT2D eigenvalue weighted by atomic mass is 19.1. The van der Waals surface area contributed by atoms with Gasteiger partial charge in [0.15, 0.2) is 0 Å². The highest BCUT2D eigenvalue weighted by Crippen LogP contribution is 2.46. The Bertz CT molecular complexity index is 505. The van der Waals surface area contributed by atoms with Gasteiger partial charge in [-0.15, -0.1) is 0 Å². The summed E-state index contributed by atoms with van der Waals surface area (Å²) in [5.41, 5.74) is 1.62. The van der Waals surface area contributed by atoms with E-state index in [2.05, 4.69) is 0 Å². The minimum absolute atomic E-state index is 0.112. The third-order valence-corrected chi connectivity index (χ3v) is 4.77. The zero-order valence-corrected chi connectivity index (χ0v) is 11.4. The number of nitrogens with zero attached hydrogens (tertiary/aromatic N) is 1. The van der Waals surface area contributed by atoms with Crippen molar-refractivity contribution in [3.63, 3.8) is 0 Å². The van der Waals surface area contributed by atoms with Crippen molar-refractivity contribution in [2.45, 2.75) is 45.4 Å². The second-order valence-corrected chi connectivity index (χ2v) is 5.98. The van der Waals surface area contributed by atoms with Gasteiger partial charge in [0.2, 0.25) is 5.91 Å². The summed E-state index contributed by atoms with van der Waals surface area (Å²) in [6.45, 7) is 2.66. The molecule has 102 valence electrons. The van der Waals surface area contributed by atoms with Crippen LogP contribution in [0, 0.1) is 18.2 Å². The number of carbonyl (C=O) groups is 1. The summed E-state index contributed by atoms with van der Waals surface area (Å²) in [4.78, 5) is 14.6. The number of anilines is 1. The molecule has 0 radical (unpaired) electrons. The molecular weight excluding hydrogens is 241 g/mol. The molecule has 19 heavy (non-hydrogen) atoms. The van der Waals surface area contributed by atoms with E-state index in [1.807, 2.05) is 11.8 Å². The minimum atomic E-state index is -0.236. The van der Waals surface area contributed by atoms with Crippen molar-refractivity contribution in [2.75, 3.05) is 11.4 Å². The average molecular weight is 261 g/mol. The Balaban J connectivity index is 1.89. The molecule has 2 fully saturated rings. The fraction of sp³-hybridized carbons (Fsp3) is 0.562. The maximum atomic E-state index is 13.2. The van der Waals surface area contributed by atoms with Crippen LogP contribution in [0.4, 0.5) is 10.1 Å². The van der Waals surface area contributed by atoms with Crippen LogP contribution in [0.5, 0.6) is 0 Å². The van der Waals surface area contributed by atoms with Crippen LogP contribution in [0.25, 0.3) is 0 Å². The predicted molar refractivity (Wildman–Crippen MR) is 73.6 cm³/mol. The molecule has 0 aromatic heterocycles. The summed E-state index contributed by atoms with van der Waals surface area (Å²) < 4.78 is 13.2. The Labute approximate surface area is 113 Å². The molecule has 0 bridgehead atoms. The molecule has 0 atom stereocenters. The summed E-state index contributed by atoms with van der Waals surface area (Å²) in [6.07, 6.45) is 6.61. The molecule has 2 aliphatic rings. The second-order valence-electron chi connectivity index (χ2n) is 5.98. The van der Waals surface area contributed by atoms with Crippen LogP contribution in [0.15, 0.2) is 18.2 Å². The second kappa shape index (κ2) is 4.62. The first kappa shape index (κ1) is 12.6. The quantitative estimate of drug-likeness (QED) is 0.752. The predicted octanol–water partition coefficient (Wildman–Crippen LogP) is 3.82. The average Bonchev–Trinajstić information content (AvgIpc) is 2.69. The number of rotatable bonds is 1. The molecule has 0 unspecified atom stereocenters. The first-order chi connectivity index (χ1) is 9.12. The van der Waals surface area contributed by atoms with E-state index in [1.165, 1.54) is 31.4 Å². The molecule has 1 aliphatic heterocycles. The number of aryl methyl sites for hydroxylation is 1. The maximum absolute atomic E-state index is 13.2. The summed E-state index contributed by atoms with van der Waals surface area (Å²) in [5, 5.41) is 0. The lowest BCUT2D eigenvalue weighted by Gasteiger charge is -2.31. The van der Waals surface area contributed by atoms with Gasteiger partial charge in [0.1, 0.15) is 5.82 Å². The van der Waals surface area contributed by atoms with Gasteiger partial charge in [-0.1, -0.05) is 19.3 Å². The van der Waals surface area contributed by atoms with Crippen LogP contribution >= 0.6 is 0 Å². The third-order valence-electron chi connectivity index (χ3n) is 4.77. The van der Waals surface area contributed by atoms with E-state index < -0.39 is 0 Å². The fourth-order valence-corrected chi connectivity index (χ4v) is 3.66. The van der Waals surface area contributed by atoms with E-state index in [9.17, 15) is 9.18 Å². The molecule has 2 nitrogen and oxygen atoms in total. The summed E-state index contributed by atoms with van der Waals surface area (Å²) in [7, 11) is 0. The largest absolute Gasteiger partial charge is 0.312 e. The molecule has 1 aliphatic carbocycles. The molecule has 0 N–H and O–H groups in total. The Hall–Kier alpha value is -1.38. The monoisotopic (exact) mass is 261 g/mol. The van der Waals surface area contributed by atoms with E-state index in [1.54, 1.807) is 6.07 Å². The molecule has 1 saturated carbocycles. The Morgan fingerprint density at radius 1 is 1.16 bits per heavy atom. The Morgan fingerprint density at radius 2 is 1.89 bits per heavy atom. The number of hydrogen-bond acceptors (Lipinski definition) is 1. The zero-order chi connectivity index (χ0) is 13.5. The fourth-order valence-electron chi connectivity index (χ4n) is 3.66. The van der Waals surface area contributed by atoms with Gasteiger partial charge in [0, 0.05) is 12.2 Å². The van der Waals surface area contributed by atoms with Crippen LogP contribution in [0.1, 0.15) is 44.1 Å². The summed E-state index contributed by atoms with van der Waals surface area (Å²) in [6, 6.07) is 4.69. The number of hydrogen-bond donors (Lipinski definition) is 0. The van der Waals surface area contributed by atoms with Crippen molar-refractivity contribution in [1.29, 1.82) is 0 Å². The van der Waals surface area contributed by atoms with Crippen LogP contribution in [0.3, 0.4) is 0 Å². The molecule has 1 aromatic rings. The summed E-state index contributed by atoms with van der Waals surface area (Å²) in [5.74, 6) is 0.0298. The molecule has 1 saturated heterocycles. The van der Waals surface area contributed by atoms with Crippen molar-refractivity contribution in [1.82, 2.24) is 0 Å². The van der Waals surface area contributed by atoms with Crippen LogP contribution in [-0.4, -0.2) is 12.5 Å². The number of amides is 1. The van der Waals surface area contributed by atoms with Crippen LogP contribution < -0.4 is 4.90 Å². The van der Waals surface area contributed by atoms with Gasteiger partial charge >= 0.3 is 0 Å². The van der Waals surface area contributed by atoms with E-state index >= 15 is 0 Å². The molecule has 1 amide bonds. The number of carbonyl (C=O) groups excluding carboxylic acids is 1. The molecule has 3 heteroatoms. The first-order valence-corrected chi connectivity index (χ1v) is 7.21. The topological polar surface area (TPSA) is 20.3 Å². The Morgan fingerprint density at radius 3 is 2.58 bits per heavy atom. The zero-order valence-electron chi connectivity index (χ0n) is 11.4. The SMILES string of the molecule is Cc1cc(F)ccc1N1CCC2(CCCCC2)C1=O. The van der Waals surface area contributed by atoms with Gasteiger partial charge in [0.25, 0.3) is 0 Å². The summed E-state index contributed by atoms with van der Waals surface area (Å²) >= 11 is 0. The van der Waals surface area contributed by atoms with E-state index in [4.69, 9.17) is 0 Å². The lowest BCUT2D eigenvalue weighted by atomic mass is 9.73. The van der Waals surface area contributed by atoms with Crippen LogP contribution in [0.2, 0.25) is 0 Å². The van der Waals surface area contributed by atoms with Crippen molar-refractivity contribution < 1.29 is 9.18 Å². The van der Waals surface area contributed by atoms with Gasteiger partial charge in [-0.2, -0.15) is 0 Å². The lowest BCUT2D eigenvalue weighted by Crippen LogP contribution is -2.36. The van der Waals surface area contributed by atoms with Crippen molar-refractivity contribution >= 4 is 11.6 Å². The molecular formula is C16H20FNO. The van der Waals surface area contributed by atoms with Gasteiger partial charge in [0.05, 0.1) is 5.41 Å². The van der Waals surface area contributed by atoms with Crippen molar-refractivity contribution in [3.8, 4) is 0 Å². The van der Waals surface area contributed by atoms with Gasteiger partial charge in [-0.25, -0.2) is 4.39 Å². The maximum Gasteiger partial charge on any atom is 0.233 e. The van der Waals surface area contributed by atoms with E-state index in [-0.39, 0.29) is 17.1 Å². The van der Waals surface area contributed by atoms with Crippen LogP contribution in [-0.2, 0) is 4.79 Å². The smallest absolute Gasteiger partial charge is 0.233 e. The Kier molecular flexibility index (Phi) is 3.08. The standard InChI is InChI=1S/C16H20FNO/c1-12-11-13(17)5-6-14(12)18-10-9-16(15(18)19)7-3-2-4-8-16/h5-6,11H,2-4,7-10H2,1H3. The molecule has 1 spiro atoms. The molecule has 3 rings (SSSR count). The molecule has 1 heterocycles. The van der Waals surface area contributed by atoms with Gasteiger partial charge < -0.3 is 4.90 Å².